The van der Waals surface area contributed by atoms with Gasteiger partial charge in [0.05, 0.1) is 10.9 Å². The molecule has 0 atom stereocenters. The van der Waals surface area contributed by atoms with E-state index in [4.69, 9.17) is 0 Å². The molecule has 0 radical (unpaired) electrons. The minimum Gasteiger partial charge on any atom is -0.356 e. The Balaban J connectivity index is 1.81. The maximum atomic E-state index is 11.8. The summed E-state index contributed by atoms with van der Waals surface area (Å²) in [6.07, 6.45) is 3.86. The zero-order valence-corrected chi connectivity index (χ0v) is 9.57. The zero-order valence-electron chi connectivity index (χ0n) is 9.57. The molecule has 1 aromatic heterocycles. The number of benzene rings is 1. The van der Waals surface area contributed by atoms with Crippen LogP contribution in [0.2, 0.25) is 0 Å². The number of anilines is 1. The van der Waals surface area contributed by atoms with Crippen LogP contribution in [0.4, 0.5) is 5.95 Å². The Morgan fingerprint density at radius 2 is 2.18 bits per heavy atom. The van der Waals surface area contributed by atoms with Crippen molar-refractivity contribution >= 4 is 16.9 Å². The van der Waals surface area contributed by atoms with Gasteiger partial charge in [-0.2, -0.15) is 0 Å². The maximum Gasteiger partial charge on any atom is 0.260 e. The quantitative estimate of drug-likeness (QED) is 0.844. The monoisotopic (exact) mass is 229 g/mol. The summed E-state index contributed by atoms with van der Waals surface area (Å²) in [6.45, 7) is 0.881. The lowest BCUT2D eigenvalue weighted by atomic mass is 10.2. The summed E-state index contributed by atoms with van der Waals surface area (Å²) in [4.78, 5) is 18.9. The fraction of sp³-hybridized carbons (Fsp3) is 0.385. The molecule has 0 saturated heterocycles. The summed E-state index contributed by atoms with van der Waals surface area (Å²) >= 11 is 0. The number of nitrogens with zero attached hydrogens (tertiary/aromatic N) is 1. The van der Waals surface area contributed by atoms with Crippen LogP contribution in [-0.4, -0.2) is 16.5 Å². The van der Waals surface area contributed by atoms with E-state index in [9.17, 15) is 4.79 Å². The SMILES string of the molecule is O=c1[nH]c(NCCC2CC2)nc2ccccc12. The van der Waals surface area contributed by atoms with Crippen LogP contribution in [-0.2, 0) is 0 Å². The summed E-state index contributed by atoms with van der Waals surface area (Å²) in [5.41, 5.74) is 0.662. The van der Waals surface area contributed by atoms with E-state index in [1.165, 1.54) is 12.8 Å². The molecule has 1 aromatic carbocycles. The number of aromatic amines is 1. The molecule has 0 unspecified atom stereocenters. The van der Waals surface area contributed by atoms with E-state index in [0.717, 1.165) is 24.4 Å². The molecule has 1 saturated carbocycles. The van der Waals surface area contributed by atoms with E-state index in [-0.39, 0.29) is 5.56 Å². The van der Waals surface area contributed by atoms with Crippen molar-refractivity contribution in [2.24, 2.45) is 5.92 Å². The molecule has 4 heteroatoms. The standard InChI is InChI=1S/C13H15N3O/c17-12-10-3-1-2-4-11(10)15-13(16-12)14-8-7-9-5-6-9/h1-4,9H,5-8H2,(H2,14,15,16,17). The smallest absolute Gasteiger partial charge is 0.260 e. The van der Waals surface area contributed by atoms with Gasteiger partial charge >= 0.3 is 0 Å². The maximum absolute atomic E-state index is 11.8. The van der Waals surface area contributed by atoms with Crippen LogP contribution in [0.25, 0.3) is 10.9 Å². The molecule has 17 heavy (non-hydrogen) atoms. The summed E-state index contributed by atoms with van der Waals surface area (Å²) in [6, 6.07) is 7.38. The molecular weight excluding hydrogens is 214 g/mol. The van der Waals surface area contributed by atoms with E-state index in [2.05, 4.69) is 15.3 Å². The Labute approximate surface area is 99.1 Å². The third-order valence-corrected chi connectivity index (χ3v) is 3.15. The highest BCUT2D eigenvalue weighted by molar-refractivity contribution is 5.78. The van der Waals surface area contributed by atoms with Crippen LogP contribution in [0.5, 0.6) is 0 Å². The first-order chi connectivity index (χ1) is 8.33. The lowest BCUT2D eigenvalue weighted by Gasteiger charge is -2.05. The van der Waals surface area contributed by atoms with Crippen molar-refractivity contribution < 1.29 is 0 Å². The molecule has 0 aliphatic heterocycles. The molecule has 0 bridgehead atoms. The average Bonchev–Trinajstić information content (AvgIpc) is 3.13. The molecule has 2 aromatic rings. The Kier molecular flexibility index (Phi) is 2.55. The van der Waals surface area contributed by atoms with E-state index in [1.807, 2.05) is 18.2 Å². The van der Waals surface area contributed by atoms with Gasteiger partial charge < -0.3 is 5.32 Å². The van der Waals surface area contributed by atoms with Gasteiger partial charge in [0.15, 0.2) is 0 Å². The molecule has 0 spiro atoms. The molecular formula is C13H15N3O. The summed E-state index contributed by atoms with van der Waals surface area (Å²) in [5.74, 6) is 1.46. The largest absolute Gasteiger partial charge is 0.356 e. The van der Waals surface area contributed by atoms with Crippen molar-refractivity contribution in [3.05, 3.63) is 34.6 Å². The van der Waals surface area contributed by atoms with Gasteiger partial charge in [0.2, 0.25) is 5.95 Å². The molecule has 88 valence electrons. The third-order valence-electron chi connectivity index (χ3n) is 3.15. The number of para-hydroxylation sites is 1. The number of hydrogen-bond donors (Lipinski definition) is 2. The molecule has 1 aliphatic carbocycles. The van der Waals surface area contributed by atoms with Gasteiger partial charge in [0.1, 0.15) is 0 Å². The van der Waals surface area contributed by atoms with Crippen LogP contribution in [0.1, 0.15) is 19.3 Å². The number of nitrogens with one attached hydrogen (secondary N) is 2. The van der Waals surface area contributed by atoms with Crippen LogP contribution in [0, 0.1) is 5.92 Å². The Morgan fingerprint density at radius 3 is 3.00 bits per heavy atom. The van der Waals surface area contributed by atoms with Gasteiger partial charge in [-0.1, -0.05) is 25.0 Å². The second-order valence-electron chi connectivity index (χ2n) is 4.59. The number of hydrogen-bond acceptors (Lipinski definition) is 3. The average molecular weight is 229 g/mol. The number of H-pyrrole nitrogens is 1. The normalized spacial score (nSPS) is 15.1. The first-order valence-corrected chi connectivity index (χ1v) is 6.06. The Bertz CT molecular complexity index is 586. The number of rotatable bonds is 4. The fourth-order valence-electron chi connectivity index (χ4n) is 1.97. The summed E-state index contributed by atoms with van der Waals surface area (Å²) in [5, 5.41) is 3.82. The van der Waals surface area contributed by atoms with E-state index < -0.39 is 0 Å². The van der Waals surface area contributed by atoms with E-state index in [0.29, 0.717) is 11.3 Å². The minimum atomic E-state index is -0.0791. The summed E-state index contributed by atoms with van der Waals surface area (Å²) < 4.78 is 0. The van der Waals surface area contributed by atoms with Crippen molar-refractivity contribution in [2.75, 3.05) is 11.9 Å². The Morgan fingerprint density at radius 1 is 1.35 bits per heavy atom. The molecule has 0 amide bonds. The van der Waals surface area contributed by atoms with Gasteiger partial charge in [-0.3, -0.25) is 9.78 Å². The van der Waals surface area contributed by atoms with Gasteiger partial charge in [-0.25, -0.2) is 4.98 Å². The predicted octanol–water partition coefficient (Wildman–Crippen LogP) is 2.14. The van der Waals surface area contributed by atoms with Crippen LogP contribution in [0.15, 0.2) is 29.1 Å². The van der Waals surface area contributed by atoms with Crippen LogP contribution < -0.4 is 10.9 Å². The predicted molar refractivity (Wildman–Crippen MR) is 68.2 cm³/mol. The van der Waals surface area contributed by atoms with Gasteiger partial charge in [0.25, 0.3) is 5.56 Å². The first kappa shape index (κ1) is 10.3. The van der Waals surface area contributed by atoms with E-state index in [1.54, 1.807) is 6.07 Å². The lowest BCUT2D eigenvalue weighted by molar-refractivity contribution is 0.756. The molecule has 1 fully saturated rings. The topological polar surface area (TPSA) is 57.8 Å². The summed E-state index contributed by atoms with van der Waals surface area (Å²) in [7, 11) is 0. The highest BCUT2D eigenvalue weighted by Crippen LogP contribution is 2.31. The number of fused-ring (bicyclic) bond motifs is 1. The third kappa shape index (κ3) is 2.30. The molecule has 2 N–H and O–H groups in total. The first-order valence-electron chi connectivity index (χ1n) is 6.06. The van der Waals surface area contributed by atoms with Gasteiger partial charge in [-0.15, -0.1) is 0 Å². The molecule has 3 rings (SSSR count). The molecule has 1 heterocycles. The highest BCUT2D eigenvalue weighted by atomic mass is 16.1. The van der Waals surface area contributed by atoms with Gasteiger partial charge in [0, 0.05) is 6.54 Å². The minimum absolute atomic E-state index is 0.0791. The lowest BCUT2D eigenvalue weighted by Crippen LogP contribution is -2.14. The van der Waals surface area contributed by atoms with Crippen molar-refractivity contribution in [1.82, 2.24) is 9.97 Å². The van der Waals surface area contributed by atoms with Crippen molar-refractivity contribution in [3.63, 3.8) is 0 Å². The van der Waals surface area contributed by atoms with Crippen molar-refractivity contribution in [1.29, 1.82) is 0 Å². The van der Waals surface area contributed by atoms with Crippen molar-refractivity contribution in [3.8, 4) is 0 Å². The van der Waals surface area contributed by atoms with E-state index >= 15 is 0 Å². The van der Waals surface area contributed by atoms with Gasteiger partial charge in [-0.05, 0) is 24.5 Å². The molecule has 4 nitrogen and oxygen atoms in total. The van der Waals surface area contributed by atoms with Crippen LogP contribution >= 0.6 is 0 Å². The fourth-order valence-corrected chi connectivity index (χ4v) is 1.97. The Hall–Kier alpha value is -1.84. The number of aromatic nitrogens is 2. The zero-order chi connectivity index (χ0) is 11.7. The molecule has 1 aliphatic rings. The van der Waals surface area contributed by atoms with Crippen LogP contribution in [0.3, 0.4) is 0 Å². The second kappa shape index (κ2) is 4.20. The second-order valence-corrected chi connectivity index (χ2v) is 4.59. The highest BCUT2D eigenvalue weighted by Gasteiger charge is 2.20. The van der Waals surface area contributed by atoms with Crippen molar-refractivity contribution in [2.45, 2.75) is 19.3 Å².